The highest BCUT2D eigenvalue weighted by Crippen LogP contribution is 2.61. The molecule has 0 saturated heterocycles. The molecular weight excluding hydrogens is 472 g/mol. The Hall–Kier alpha value is -2.55. The highest BCUT2D eigenvalue weighted by Gasteiger charge is 2.51. The van der Waals surface area contributed by atoms with Crippen LogP contribution in [0.5, 0.6) is 0 Å². The first-order valence-corrected chi connectivity index (χ1v) is 12.9. The number of nitrogens with one attached hydrogen (secondary N) is 1. The van der Waals surface area contributed by atoms with E-state index >= 15 is 0 Å². The summed E-state index contributed by atoms with van der Waals surface area (Å²) in [4.78, 5) is 23.6. The summed E-state index contributed by atoms with van der Waals surface area (Å²) in [6.07, 6.45) is 5.33. The van der Waals surface area contributed by atoms with Gasteiger partial charge in [-0.1, -0.05) is 0 Å². The van der Waals surface area contributed by atoms with Gasteiger partial charge in [0.05, 0.1) is 11.3 Å². The van der Waals surface area contributed by atoms with Gasteiger partial charge in [-0.25, -0.2) is 14.4 Å². The average Bonchev–Trinajstić information content (AvgIpc) is 2.77. The summed E-state index contributed by atoms with van der Waals surface area (Å²) in [5.41, 5.74) is 0.734. The van der Waals surface area contributed by atoms with Crippen LogP contribution in [0.3, 0.4) is 0 Å². The lowest BCUT2D eigenvalue weighted by Gasteiger charge is -2.56. The number of benzene rings is 1. The highest BCUT2D eigenvalue weighted by molar-refractivity contribution is 5.91. The van der Waals surface area contributed by atoms with Gasteiger partial charge in [-0.05, 0) is 91.9 Å². The van der Waals surface area contributed by atoms with Gasteiger partial charge in [0.25, 0.3) is 0 Å². The maximum absolute atomic E-state index is 13.7. The number of nitrogens with zero attached hydrogens (tertiary/aromatic N) is 3. The lowest BCUT2D eigenvalue weighted by Crippen LogP contribution is -2.47. The van der Waals surface area contributed by atoms with E-state index in [1.807, 2.05) is 4.90 Å². The smallest absolute Gasteiger partial charge is 0.310 e. The number of fused-ring (bicyclic) bond motifs is 1. The number of carbonyl (C=O) groups is 1. The zero-order valence-corrected chi connectivity index (χ0v) is 20.1. The number of hydrogen-bond donors (Lipinski definition) is 1. The summed E-state index contributed by atoms with van der Waals surface area (Å²) in [6, 6.07) is 2.58. The van der Waals surface area contributed by atoms with Crippen molar-refractivity contribution in [2.24, 2.45) is 23.2 Å². The van der Waals surface area contributed by atoms with Gasteiger partial charge in [0.1, 0.15) is 18.0 Å². The van der Waals surface area contributed by atoms with E-state index in [9.17, 15) is 22.4 Å². The predicted molar refractivity (Wildman–Crippen MR) is 125 cm³/mol. The maximum Gasteiger partial charge on any atom is 0.416 e. The summed E-state index contributed by atoms with van der Waals surface area (Å²) in [5, 5.41) is 3.04. The minimum Gasteiger partial charge on any atom is -0.310 e. The lowest BCUT2D eigenvalue weighted by molar-refractivity contribution is -0.138. The molecule has 1 aliphatic heterocycles. The minimum absolute atomic E-state index is 0.00476. The normalized spacial score (nSPS) is 29.3. The van der Waals surface area contributed by atoms with E-state index in [1.165, 1.54) is 25.6 Å². The second-order valence-electron chi connectivity index (χ2n) is 11.5. The van der Waals surface area contributed by atoms with Gasteiger partial charge in [-0.3, -0.25) is 9.69 Å². The van der Waals surface area contributed by atoms with Crippen molar-refractivity contribution in [3.05, 3.63) is 52.7 Å². The summed E-state index contributed by atoms with van der Waals surface area (Å²) in [5.74, 6) is 2.14. The Morgan fingerprint density at radius 3 is 2.44 bits per heavy atom. The van der Waals surface area contributed by atoms with E-state index in [2.05, 4.69) is 15.3 Å². The lowest BCUT2D eigenvalue weighted by atomic mass is 9.49. The third-order valence-corrected chi connectivity index (χ3v) is 8.81. The molecule has 1 aromatic heterocycles. The van der Waals surface area contributed by atoms with Crippen molar-refractivity contribution in [1.82, 2.24) is 14.9 Å². The van der Waals surface area contributed by atoms with Crippen molar-refractivity contribution in [3.63, 3.8) is 0 Å². The van der Waals surface area contributed by atoms with Crippen LogP contribution < -0.4 is 5.32 Å². The van der Waals surface area contributed by atoms with Crippen LogP contribution in [0, 0.1) is 29.0 Å². The molecule has 0 atom stereocenters. The van der Waals surface area contributed by atoms with Gasteiger partial charge < -0.3 is 5.32 Å². The highest BCUT2D eigenvalue weighted by atomic mass is 19.4. The SMILES string of the molecule is O=C(CC12CC3CC(CC(C3)C1)C2)Nc1ncnc2c1CCN(Cc1cc(F)ccc1C(F)(F)F)C2. The predicted octanol–water partition coefficient (Wildman–Crippen LogP) is 5.74. The van der Waals surface area contributed by atoms with E-state index in [1.54, 1.807) is 0 Å². The molecule has 0 spiro atoms. The van der Waals surface area contributed by atoms with Crippen LogP contribution in [0.25, 0.3) is 0 Å². The average molecular weight is 503 g/mol. The maximum atomic E-state index is 13.7. The zero-order chi connectivity index (χ0) is 25.1. The standard InChI is InChI=1S/C27H30F4N4O/c28-20-1-2-22(27(29,30)31)19(8-20)13-35-4-3-21-23(14-35)32-15-33-25(21)34-24(36)12-26-9-16-5-17(10-26)7-18(6-16)11-26/h1-2,8,15-18H,3-7,9-14H2,(H,32,33,34,36). The third-order valence-electron chi connectivity index (χ3n) is 8.81. The molecule has 1 aromatic carbocycles. The largest absolute Gasteiger partial charge is 0.416 e. The van der Waals surface area contributed by atoms with Crippen molar-refractivity contribution < 1.29 is 22.4 Å². The third kappa shape index (κ3) is 4.62. The zero-order valence-electron chi connectivity index (χ0n) is 20.1. The summed E-state index contributed by atoms with van der Waals surface area (Å²) in [7, 11) is 0. The van der Waals surface area contributed by atoms with Gasteiger partial charge >= 0.3 is 6.18 Å². The molecule has 1 amide bonds. The van der Waals surface area contributed by atoms with Crippen molar-refractivity contribution >= 4 is 11.7 Å². The van der Waals surface area contributed by atoms with Crippen LogP contribution in [0.4, 0.5) is 23.4 Å². The first-order chi connectivity index (χ1) is 17.2. The number of carbonyl (C=O) groups excluding carboxylic acids is 1. The Morgan fingerprint density at radius 1 is 1.08 bits per heavy atom. The molecule has 2 heterocycles. The molecule has 192 valence electrons. The fourth-order valence-electron chi connectivity index (χ4n) is 7.89. The van der Waals surface area contributed by atoms with Gasteiger partial charge in [-0.2, -0.15) is 13.2 Å². The summed E-state index contributed by atoms with van der Waals surface area (Å²) in [6.45, 7) is 0.735. The number of amides is 1. The van der Waals surface area contributed by atoms with Crippen LogP contribution in [0.15, 0.2) is 24.5 Å². The second kappa shape index (κ2) is 8.78. The quantitative estimate of drug-likeness (QED) is 0.530. The molecule has 5 aliphatic rings. The molecule has 1 N–H and O–H groups in total. The molecule has 4 bridgehead atoms. The van der Waals surface area contributed by atoms with Crippen molar-refractivity contribution in [2.75, 3.05) is 11.9 Å². The molecule has 5 nitrogen and oxygen atoms in total. The van der Waals surface area contributed by atoms with Gasteiger partial charge in [-0.15, -0.1) is 0 Å². The second-order valence-corrected chi connectivity index (χ2v) is 11.5. The van der Waals surface area contributed by atoms with E-state index in [4.69, 9.17) is 0 Å². The number of halogens is 4. The number of hydrogen-bond acceptors (Lipinski definition) is 4. The Labute approximate surface area is 207 Å². The van der Waals surface area contributed by atoms with E-state index in [0.717, 1.165) is 60.8 Å². The van der Waals surface area contributed by atoms with Crippen molar-refractivity contribution in [3.8, 4) is 0 Å². The molecule has 36 heavy (non-hydrogen) atoms. The van der Waals surface area contributed by atoms with Crippen molar-refractivity contribution in [2.45, 2.75) is 70.6 Å². The number of anilines is 1. The number of rotatable bonds is 5. The van der Waals surface area contributed by atoms with E-state index in [-0.39, 0.29) is 23.4 Å². The fraction of sp³-hybridized carbons (Fsp3) is 0.593. The van der Waals surface area contributed by atoms with Crippen molar-refractivity contribution in [1.29, 1.82) is 0 Å². The molecule has 7 rings (SSSR count). The Balaban J connectivity index is 1.14. The Morgan fingerprint density at radius 2 is 1.78 bits per heavy atom. The summed E-state index contributed by atoms with van der Waals surface area (Å²) >= 11 is 0. The Bertz CT molecular complexity index is 1150. The van der Waals surface area contributed by atoms with Gasteiger partial charge in [0.15, 0.2) is 0 Å². The fourth-order valence-corrected chi connectivity index (χ4v) is 7.89. The van der Waals surface area contributed by atoms with Gasteiger partial charge in [0.2, 0.25) is 5.91 Å². The molecule has 2 aromatic rings. The van der Waals surface area contributed by atoms with Crippen LogP contribution in [-0.4, -0.2) is 27.3 Å². The molecule has 4 saturated carbocycles. The van der Waals surface area contributed by atoms with Crippen LogP contribution >= 0.6 is 0 Å². The van der Waals surface area contributed by atoms with Crippen LogP contribution in [0.1, 0.15) is 67.3 Å². The number of alkyl halides is 3. The minimum atomic E-state index is -4.55. The monoisotopic (exact) mass is 502 g/mol. The Kier molecular flexibility index (Phi) is 5.81. The van der Waals surface area contributed by atoms with E-state index in [0.29, 0.717) is 37.4 Å². The molecule has 9 heteroatoms. The molecule has 4 fully saturated rings. The molecular formula is C27H30F4N4O. The first-order valence-electron chi connectivity index (χ1n) is 12.9. The van der Waals surface area contributed by atoms with Gasteiger partial charge in [0, 0.05) is 31.6 Å². The van der Waals surface area contributed by atoms with Crippen LogP contribution in [0.2, 0.25) is 0 Å². The van der Waals surface area contributed by atoms with E-state index < -0.39 is 17.6 Å². The summed E-state index contributed by atoms with van der Waals surface area (Å²) < 4.78 is 54.0. The number of aromatic nitrogens is 2. The molecule has 0 radical (unpaired) electrons. The first kappa shape index (κ1) is 23.8. The van der Waals surface area contributed by atoms with Crippen LogP contribution in [-0.2, 0) is 30.5 Å². The molecule has 0 unspecified atom stereocenters. The topological polar surface area (TPSA) is 58.1 Å². The molecule has 4 aliphatic carbocycles.